The number of carbonyl (C=O) groups is 1. The summed E-state index contributed by atoms with van der Waals surface area (Å²) in [5.74, 6) is -2.65. The molecule has 2 atom stereocenters. The highest BCUT2D eigenvalue weighted by atomic mass is 127. The predicted octanol–water partition coefficient (Wildman–Crippen LogP) is 2.17. The van der Waals surface area contributed by atoms with Crippen molar-refractivity contribution in [3.63, 3.8) is 0 Å². The zero-order valence-electron chi connectivity index (χ0n) is 7.14. The van der Waals surface area contributed by atoms with Gasteiger partial charge in [-0.05, 0) is 12.8 Å². The third-order valence-electron chi connectivity index (χ3n) is 2.14. The highest BCUT2D eigenvalue weighted by Crippen LogP contribution is 2.40. The van der Waals surface area contributed by atoms with Crippen LogP contribution in [0.25, 0.3) is 0 Å². The molecule has 1 aliphatic rings. The lowest BCUT2D eigenvalue weighted by atomic mass is 9.87. The molecule has 1 amide bonds. The molecule has 2 N–H and O–H groups in total. The van der Waals surface area contributed by atoms with Crippen molar-refractivity contribution in [2.75, 3.05) is 0 Å². The molecule has 14 heavy (non-hydrogen) atoms. The number of nitrogens with two attached hydrogens (primary N) is 1. The topological polar surface area (TPSA) is 43.1 Å². The van der Waals surface area contributed by atoms with Crippen molar-refractivity contribution < 1.29 is 18.0 Å². The van der Waals surface area contributed by atoms with E-state index in [2.05, 4.69) is 0 Å². The Bertz CT molecular complexity index is 274. The maximum atomic E-state index is 12.5. The van der Waals surface area contributed by atoms with Gasteiger partial charge in [0.2, 0.25) is 5.91 Å². The van der Waals surface area contributed by atoms with E-state index in [1.165, 1.54) is 6.08 Å². The number of amides is 1. The van der Waals surface area contributed by atoms with E-state index < -0.39 is 18.0 Å². The van der Waals surface area contributed by atoms with Crippen LogP contribution >= 0.6 is 22.6 Å². The Kier molecular flexibility index (Phi) is 3.44. The van der Waals surface area contributed by atoms with E-state index in [-0.39, 0.29) is 15.9 Å². The van der Waals surface area contributed by atoms with Gasteiger partial charge in [-0.2, -0.15) is 13.2 Å². The van der Waals surface area contributed by atoms with Crippen LogP contribution in [-0.2, 0) is 4.79 Å². The number of hydrogen-bond donors (Lipinski definition) is 1. The molecular weight excluding hydrogens is 310 g/mol. The number of rotatable bonds is 1. The Labute approximate surface area is 92.9 Å². The molecule has 0 aromatic heterocycles. The summed E-state index contributed by atoms with van der Waals surface area (Å²) in [6.07, 6.45) is -2.64. The van der Waals surface area contributed by atoms with Gasteiger partial charge in [-0.3, -0.25) is 4.79 Å². The third-order valence-corrected chi connectivity index (χ3v) is 3.16. The largest absolute Gasteiger partial charge is 0.395 e. The summed E-state index contributed by atoms with van der Waals surface area (Å²) < 4.78 is 37.3. The molecule has 2 nitrogen and oxygen atoms in total. The van der Waals surface area contributed by atoms with Crippen molar-refractivity contribution in [2.24, 2.45) is 11.7 Å². The second-order valence-corrected chi connectivity index (χ2v) is 4.95. The monoisotopic (exact) mass is 319 g/mol. The summed E-state index contributed by atoms with van der Waals surface area (Å²) in [7, 11) is 0. The zero-order chi connectivity index (χ0) is 10.9. The molecular formula is C8H9F3INO. The van der Waals surface area contributed by atoms with Gasteiger partial charge < -0.3 is 5.73 Å². The summed E-state index contributed by atoms with van der Waals surface area (Å²) in [4.78, 5) is 10.8. The van der Waals surface area contributed by atoms with Crippen LogP contribution < -0.4 is 5.73 Å². The Balaban J connectivity index is 2.95. The molecule has 0 spiro atoms. The molecule has 0 bridgehead atoms. The number of allylic oxidation sites excluding steroid dienone is 1. The number of alkyl halides is 4. The van der Waals surface area contributed by atoms with Crippen LogP contribution in [0.4, 0.5) is 13.2 Å². The molecule has 80 valence electrons. The minimum absolute atomic E-state index is 0.0567. The van der Waals surface area contributed by atoms with Gasteiger partial charge in [-0.1, -0.05) is 28.7 Å². The lowest BCUT2D eigenvalue weighted by molar-refractivity contribution is -0.168. The first-order valence-corrected chi connectivity index (χ1v) is 5.27. The molecule has 1 aliphatic carbocycles. The fraction of sp³-hybridized carbons (Fsp3) is 0.625. The standard InChI is InChI=1S/C8H9F3INO/c9-8(10,11)6-3-4(12)1-2-5(6)7(13)14/h2,4,6H,1,3H2,(H2,13,14). The number of primary amides is 1. The van der Waals surface area contributed by atoms with E-state index in [0.717, 1.165) is 0 Å². The third kappa shape index (κ3) is 2.61. The normalized spacial score (nSPS) is 28.4. The van der Waals surface area contributed by atoms with Crippen LogP contribution in [0.2, 0.25) is 0 Å². The van der Waals surface area contributed by atoms with Crippen molar-refractivity contribution >= 4 is 28.5 Å². The average Bonchev–Trinajstić information content (AvgIpc) is 2.01. The van der Waals surface area contributed by atoms with Crippen LogP contribution in [0.5, 0.6) is 0 Å². The molecule has 0 aromatic carbocycles. The maximum absolute atomic E-state index is 12.5. The Morgan fingerprint density at radius 3 is 2.57 bits per heavy atom. The molecule has 6 heteroatoms. The van der Waals surface area contributed by atoms with E-state index in [0.29, 0.717) is 6.42 Å². The summed E-state index contributed by atoms with van der Waals surface area (Å²) >= 11 is 1.95. The molecule has 0 saturated heterocycles. The molecule has 0 radical (unpaired) electrons. The number of hydrogen-bond acceptors (Lipinski definition) is 1. The van der Waals surface area contributed by atoms with Crippen molar-refractivity contribution in [3.8, 4) is 0 Å². The van der Waals surface area contributed by atoms with Gasteiger partial charge in [0.25, 0.3) is 0 Å². The highest BCUT2D eigenvalue weighted by molar-refractivity contribution is 14.1. The number of carbonyl (C=O) groups excluding carboxylic acids is 1. The summed E-state index contributed by atoms with van der Waals surface area (Å²) in [5.41, 5.74) is 4.60. The number of halogens is 4. The fourth-order valence-electron chi connectivity index (χ4n) is 1.46. The van der Waals surface area contributed by atoms with Gasteiger partial charge >= 0.3 is 6.18 Å². The fourth-order valence-corrected chi connectivity index (χ4v) is 2.22. The quantitative estimate of drug-likeness (QED) is 0.584. The minimum atomic E-state index is -4.37. The van der Waals surface area contributed by atoms with Crippen molar-refractivity contribution in [1.29, 1.82) is 0 Å². The van der Waals surface area contributed by atoms with E-state index in [4.69, 9.17) is 5.73 Å². The van der Waals surface area contributed by atoms with Gasteiger partial charge in [0.15, 0.2) is 0 Å². The Morgan fingerprint density at radius 1 is 1.57 bits per heavy atom. The zero-order valence-corrected chi connectivity index (χ0v) is 9.30. The first-order chi connectivity index (χ1) is 6.32. The van der Waals surface area contributed by atoms with Crippen LogP contribution in [-0.4, -0.2) is 16.0 Å². The summed E-state index contributed by atoms with van der Waals surface area (Å²) in [5, 5.41) is 0. The van der Waals surface area contributed by atoms with Crippen LogP contribution in [0.15, 0.2) is 11.6 Å². The van der Waals surface area contributed by atoms with Gasteiger partial charge in [-0.25, -0.2) is 0 Å². The SMILES string of the molecule is NC(=O)C1=CCC(I)CC1C(F)(F)F. The maximum Gasteiger partial charge on any atom is 0.395 e. The second kappa shape index (κ2) is 4.08. The second-order valence-electron chi connectivity index (χ2n) is 3.19. The van der Waals surface area contributed by atoms with Crippen LogP contribution in [0.3, 0.4) is 0 Å². The van der Waals surface area contributed by atoms with E-state index >= 15 is 0 Å². The van der Waals surface area contributed by atoms with Gasteiger partial charge in [-0.15, -0.1) is 0 Å². The lowest BCUT2D eigenvalue weighted by Crippen LogP contribution is -2.35. The van der Waals surface area contributed by atoms with Crippen LogP contribution in [0, 0.1) is 5.92 Å². The first kappa shape index (κ1) is 11.8. The summed E-state index contributed by atoms with van der Waals surface area (Å²) in [6.45, 7) is 0. The van der Waals surface area contributed by atoms with E-state index in [1.54, 1.807) is 0 Å². The Morgan fingerprint density at radius 2 is 2.14 bits per heavy atom. The molecule has 2 unspecified atom stereocenters. The first-order valence-electron chi connectivity index (χ1n) is 4.03. The Hall–Kier alpha value is -0.270. The molecule has 0 aliphatic heterocycles. The molecule has 0 aromatic rings. The van der Waals surface area contributed by atoms with Crippen molar-refractivity contribution in [3.05, 3.63) is 11.6 Å². The highest BCUT2D eigenvalue weighted by Gasteiger charge is 2.45. The van der Waals surface area contributed by atoms with Gasteiger partial charge in [0.1, 0.15) is 0 Å². The van der Waals surface area contributed by atoms with Gasteiger partial charge in [0.05, 0.1) is 5.92 Å². The molecule has 0 saturated carbocycles. The molecule has 0 fully saturated rings. The average molecular weight is 319 g/mol. The minimum Gasteiger partial charge on any atom is -0.366 e. The molecule has 1 rings (SSSR count). The van der Waals surface area contributed by atoms with Crippen molar-refractivity contribution in [1.82, 2.24) is 0 Å². The molecule has 0 heterocycles. The van der Waals surface area contributed by atoms with Gasteiger partial charge in [0, 0.05) is 9.50 Å². The van der Waals surface area contributed by atoms with Crippen LogP contribution in [0.1, 0.15) is 12.8 Å². The lowest BCUT2D eigenvalue weighted by Gasteiger charge is -2.27. The van der Waals surface area contributed by atoms with E-state index in [9.17, 15) is 18.0 Å². The van der Waals surface area contributed by atoms with E-state index in [1.807, 2.05) is 22.6 Å². The smallest absolute Gasteiger partial charge is 0.366 e. The van der Waals surface area contributed by atoms with Crippen molar-refractivity contribution in [2.45, 2.75) is 22.9 Å². The predicted molar refractivity (Wildman–Crippen MR) is 53.9 cm³/mol. The summed E-state index contributed by atoms with van der Waals surface area (Å²) in [6, 6.07) is 0.